The van der Waals surface area contributed by atoms with E-state index in [1.54, 1.807) is 0 Å². The van der Waals surface area contributed by atoms with Crippen molar-refractivity contribution in [3.8, 4) is 5.75 Å². The Balaban J connectivity index is 1.96. The molecule has 1 aliphatic rings. The van der Waals surface area contributed by atoms with Gasteiger partial charge in [-0.15, -0.1) is 0 Å². The quantitative estimate of drug-likeness (QED) is 0.909. The number of nitrogens with one attached hydrogen (secondary N) is 1. The highest BCUT2D eigenvalue weighted by atomic mass is 16.5. The van der Waals surface area contributed by atoms with Crippen LogP contribution in [-0.4, -0.2) is 18.1 Å². The van der Waals surface area contributed by atoms with Crippen LogP contribution >= 0.6 is 0 Å². The highest BCUT2D eigenvalue weighted by Gasteiger charge is 2.32. The predicted molar refractivity (Wildman–Crippen MR) is 84.7 cm³/mol. The van der Waals surface area contributed by atoms with Gasteiger partial charge < -0.3 is 10.1 Å². The SMILES string of the molecule is CCCNC(c1cnccc1C)C1COc2ccccc21. The Morgan fingerprint density at radius 2 is 2.19 bits per heavy atom. The van der Waals surface area contributed by atoms with Gasteiger partial charge in [0, 0.05) is 29.9 Å². The number of hydrogen-bond donors (Lipinski definition) is 1. The van der Waals surface area contributed by atoms with E-state index in [0.29, 0.717) is 5.92 Å². The van der Waals surface area contributed by atoms with Crippen molar-refractivity contribution in [1.29, 1.82) is 0 Å². The van der Waals surface area contributed by atoms with E-state index in [2.05, 4.69) is 48.4 Å². The summed E-state index contributed by atoms with van der Waals surface area (Å²) < 4.78 is 5.87. The van der Waals surface area contributed by atoms with Gasteiger partial charge in [-0.05, 0) is 43.1 Å². The second-order valence-electron chi connectivity index (χ2n) is 5.62. The van der Waals surface area contributed by atoms with Crippen molar-refractivity contribution < 1.29 is 4.74 Å². The molecule has 0 fully saturated rings. The first-order valence-corrected chi connectivity index (χ1v) is 7.67. The number of pyridine rings is 1. The fourth-order valence-corrected chi connectivity index (χ4v) is 3.03. The topological polar surface area (TPSA) is 34.2 Å². The number of aryl methyl sites for hydroxylation is 1. The van der Waals surface area contributed by atoms with Crippen molar-refractivity contribution >= 4 is 0 Å². The van der Waals surface area contributed by atoms with Crippen molar-refractivity contribution in [2.24, 2.45) is 0 Å². The maximum atomic E-state index is 5.87. The van der Waals surface area contributed by atoms with Gasteiger partial charge in [-0.3, -0.25) is 4.98 Å². The van der Waals surface area contributed by atoms with Crippen molar-refractivity contribution in [1.82, 2.24) is 10.3 Å². The summed E-state index contributed by atoms with van der Waals surface area (Å²) in [7, 11) is 0. The van der Waals surface area contributed by atoms with Crippen LogP contribution in [0.3, 0.4) is 0 Å². The predicted octanol–water partition coefficient (Wildman–Crippen LogP) is 3.61. The zero-order chi connectivity index (χ0) is 14.7. The van der Waals surface area contributed by atoms with Gasteiger partial charge >= 0.3 is 0 Å². The Bertz CT molecular complexity index is 612. The van der Waals surface area contributed by atoms with Gasteiger partial charge in [0.1, 0.15) is 5.75 Å². The van der Waals surface area contributed by atoms with Gasteiger partial charge in [0.15, 0.2) is 0 Å². The summed E-state index contributed by atoms with van der Waals surface area (Å²) >= 11 is 0. The van der Waals surface area contributed by atoms with Crippen LogP contribution in [0.15, 0.2) is 42.7 Å². The Labute approximate surface area is 126 Å². The minimum Gasteiger partial charge on any atom is -0.493 e. The van der Waals surface area contributed by atoms with Gasteiger partial charge in [0.05, 0.1) is 6.61 Å². The molecule has 2 aromatic rings. The summed E-state index contributed by atoms with van der Waals surface area (Å²) in [5.74, 6) is 1.36. The van der Waals surface area contributed by atoms with Crippen LogP contribution in [0.25, 0.3) is 0 Å². The highest BCUT2D eigenvalue weighted by Crippen LogP contribution is 2.41. The summed E-state index contributed by atoms with van der Waals surface area (Å²) in [6, 6.07) is 10.7. The lowest BCUT2D eigenvalue weighted by molar-refractivity contribution is 0.299. The van der Waals surface area contributed by atoms with E-state index in [0.717, 1.165) is 25.3 Å². The van der Waals surface area contributed by atoms with Crippen molar-refractivity contribution in [2.75, 3.05) is 13.2 Å². The van der Waals surface area contributed by atoms with E-state index in [9.17, 15) is 0 Å². The number of ether oxygens (including phenoxy) is 1. The first-order chi connectivity index (χ1) is 10.3. The van der Waals surface area contributed by atoms with Crippen LogP contribution in [0, 0.1) is 6.92 Å². The van der Waals surface area contributed by atoms with Crippen LogP contribution in [0.1, 0.15) is 42.0 Å². The third-order valence-electron chi connectivity index (χ3n) is 4.17. The molecule has 2 unspecified atom stereocenters. The number of rotatable bonds is 5. The van der Waals surface area contributed by atoms with E-state index in [1.165, 1.54) is 16.7 Å². The number of hydrogen-bond acceptors (Lipinski definition) is 3. The number of fused-ring (bicyclic) bond motifs is 1. The zero-order valence-electron chi connectivity index (χ0n) is 12.7. The normalized spacial score (nSPS) is 18.1. The Morgan fingerprint density at radius 1 is 1.33 bits per heavy atom. The summed E-state index contributed by atoms with van der Waals surface area (Å²) in [5.41, 5.74) is 3.86. The molecule has 3 nitrogen and oxygen atoms in total. The lowest BCUT2D eigenvalue weighted by atomic mass is 9.87. The van der Waals surface area contributed by atoms with Gasteiger partial charge in [0.2, 0.25) is 0 Å². The Morgan fingerprint density at radius 3 is 3.00 bits per heavy atom. The Hall–Kier alpha value is -1.87. The highest BCUT2D eigenvalue weighted by molar-refractivity contribution is 5.42. The molecule has 1 aliphatic heterocycles. The van der Waals surface area contributed by atoms with Crippen LogP contribution in [0.5, 0.6) is 5.75 Å². The summed E-state index contributed by atoms with van der Waals surface area (Å²) in [5, 5.41) is 3.69. The fraction of sp³-hybridized carbons (Fsp3) is 0.389. The van der Waals surface area contributed by atoms with Gasteiger partial charge in [-0.1, -0.05) is 25.1 Å². The van der Waals surface area contributed by atoms with Gasteiger partial charge in [-0.2, -0.15) is 0 Å². The number of nitrogens with zero attached hydrogens (tertiary/aromatic N) is 1. The maximum Gasteiger partial charge on any atom is 0.122 e. The number of aromatic nitrogens is 1. The maximum absolute atomic E-state index is 5.87. The molecule has 3 heteroatoms. The van der Waals surface area contributed by atoms with E-state index >= 15 is 0 Å². The number of para-hydroxylation sites is 1. The van der Waals surface area contributed by atoms with Crippen molar-refractivity contribution in [3.63, 3.8) is 0 Å². The molecule has 0 aliphatic carbocycles. The van der Waals surface area contributed by atoms with Crippen LogP contribution in [0.4, 0.5) is 0 Å². The molecule has 1 aromatic heterocycles. The molecule has 0 saturated carbocycles. The van der Waals surface area contributed by atoms with Crippen LogP contribution in [-0.2, 0) is 0 Å². The standard InChI is InChI=1S/C18H22N2O/c1-3-9-20-18(15-11-19-10-8-13(15)2)16-12-21-17-7-5-4-6-14(16)17/h4-8,10-11,16,18,20H,3,9,12H2,1-2H3. The fourth-order valence-electron chi connectivity index (χ4n) is 3.03. The van der Waals surface area contributed by atoms with Crippen LogP contribution < -0.4 is 10.1 Å². The minimum atomic E-state index is 0.252. The Kier molecular flexibility index (Phi) is 4.20. The second-order valence-corrected chi connectivity index (χ2v) is 5.62. The number of benzene rings is 1. The third-order valence-corrected chi connectivity index (χ3v) is 4.17. The molecule has 2 atom stereocenters. The van der Waals surface area contributed by atoms with E-state index in [4.69, 9.17) is 4.74 Å². The minimum absolute atomic E-state index is 0.252. The molecule has 3 rings (SSSR count). The molecule has 0 saturated heterocycles. The average Bonchev–Trinajstić information content (AvgIpc) is 2.93. The van der Waals surface area contributed by atoms with Crippen LogP contribution in [0.2, 0.25) is 0 Å². The lowest BCUT2D eigenvalue weighted by Gasteiger charge is -2.25. The molecule has 0 amide bonds. The molecule has 21 heavy (non-hydrogen) atoms. The monoisotopic (exact) mass is 282 g/mol. The lowest BCUT2D eigenvalue weighted by Crippen LogP contribution is -2.29. The first kappa shape index (κ1) is 14.1. The summed E-state index contributed by atoms with van der Waals surface area (Å²) in [6.07, 6.45) is 4.96. The molecular weight excluding hydrogens is 260 g/mol. The molecule has 0 bridgehead atoms. The van der Waals surface area contributed by atoms with E-state index in [1.807, 2.05) is 18.5 Å². The molecular formula is C18H22N2O. The molecule has 0 radical (unpaired) electrons. The van der Waals surface area contributed by atoms with E-state index in [-0.39, 0.29) is 6.04 Å². The summed E-state index contributed by atoms with van der Waals surface area (Å²) in [6.45, 7) is 6.07. The van der Waals surface area contributed by atoms with Gasteiger partial charge in [0.25, 0.3) is 0 Å². The van der Waals surface area contributed by atoms with Crippen molar-refractivity contribution in [2.45, 2.75) is 32.2 Å². The van der Waals surface area contributed by atoms with Gasteiger partial charge in [-0.25, -0.2) is 0 Å². The smallest absolute Gasteiger partial charge is 0.122 e. The molecule has 1 N–H and O–H groups in total. The largest absolute Gasteiger partial charge is 0.493 e. The van der Waals surface area contributed by atoms with E-state index < -0.39 is 0 Å². The molecule has 2 heterocycles. The van der Waals surface area contributed by atoms with Crippen molar-refractivity contribution in [3.05, 3.63) is 59.4 Å². The summed E-state index contributed by atoms with van der Waals surface area (Å²) in [4.78, 5) is 4.32. The third kappa shape index (κ3) is 2.79. The average molecular weight is 282 g/mol. The zero-order valence-corrected chi connectivity index (χ0v) is 12.7. The second kappa shape index (κ2) is 6.27. The molecule has 0 spiro atoms. The first-order valence-electron chi connectivity index (χ1n) is 7.67. The molecule has 1 aromatic carbocycles. The molecule has 110 valence electrons.